The second-order valence-electron chi connectivity index (χ2n) is 6.44. The lowest BCUT2D eigenvalue weighted by atomic mass is 9.98. The Kier molecular flexibility index (Phi) is 5.18. The molecule has 0 aromatic rings. The number of ether oxygens (including phenoxy) is 1. The van der Waals surface area contributed by atoms with E-state index in [0.29, 0.717) is 25.2 Å². The average Bonchev–Trinajstić information content (AvgIpc) is 2.39. The van der Waals surface area contributed by atoms with Crippen LogP contribution in [0.15, 0.2) is 0 Å². The molecule has 0 aromatic carbocycles. The van der Waals surface area contributed by atoms with Crippen molar-refractivity contribution in [3.05, 3.63) is 0 Å². The zero-order chi connectivity index (χ0) is 15.7. The molecule has 2 saturated heterocycles. The maximum Gasteiger partial charge on any atom is 0.418 e. The van der Waals surface area contributed by atoms with Crippen molar-refractivity contribution in [1.82, 2.24) is 9.80 Å². The van der Waals surface area contributed by atoms with Crippen molar-refractivity contribution >= 4 is 0 Å². The molecule has 0 bridgehead atoms. The van der Waals surface area contributed by atoms with Crippen molar-refractivity contribution in [2.75, 3.05) is 39.4 Å². The monoisotopic (exact) mass is 310 g/mol. The normalized spacial score (nSPS) is 30.3. The van der Waals surface area contributed by atoms with Gasteiger partial charge in [-0.1, -0.05) is 0 Å². The topological polar surface area (TPSA) is 35.9 Å². The lowest BCUT2D eigenvalue weighted by Crippen LogP contribution is -2.56. The average molecular weight is 310 g/mol. The fraction of sp³-hybridized carbons (Fsp3) is 1.00. The Labute approximate surface area is 123 Å². The van der Waals surface area contributed by atoms with Gasteiger partial charge in [0.25, 0.3) is 0 Å². The Morgan fingerprint density at radius 1 is 1.19 bits per heavy atom. The number of piperidine rings is 1. The maximum atomic E-state index is 12.7. The van der Waals surface area contributed by atoms with Crippen LogP contribution in [0, 0.1) is 0 Å². The third kappa shape index (κ3) is 4.09. The summed E-state index contributed by atoms with van der Waals surface area (Å²) in [6.07, 6.45) is -2.89. The number of likely N-dealkylation sites (tertiary alicyclic amines) is 1. The van der Waals surface area contributed by atoms with Gasteiger partial charge in [-0.25, -0.2) is 0 Å². The predicted octanol–water partition coefficient (Wildman–Crippen LogP) is 1.48. The first-order chi connectivity index (χ1) is 9.71. The number of morpholine rings is 1. The summed E-state index contributed by atoms with van der Waals surface area (Å²) in [6.45, 7) is 6.18. The van der Waals surface area contributed by atoms with Gasteiger partial charge in [-0.05, 0) is 39.8 Å². The van der Waals surface area contributed by atoms with Gasteiger partial charge in [0.2, 0.25) is 0 Å². The molecule has 2 atom stereocenters. The quantitative estimate of drug-likeness (QED) is 0.857. The van der Waals surface area contributed by atoms with Crippen molar-refractivity contribution in [2.45, 2.75) is 50.6 Å². The van der Waals surface area contributed by atoms with Crippen LogP contribution < -0.4 is 0 Å². The molecule has 2 aliphatic heterocycles. The Morgan fingerprint density at radius 3 is 2.33 bits per heavy atom. The zero-order valence-corrected chi connectivity index (χ0v) is 12.7. The molecule has 124 valence electrons. The largest absolute Gasteiger partial charge is 0.418 e. The van der Waals surface area contributed by atoms with Crippen LogP contribution in [-0.2, 0) is 4.74 Å². The van der Waals surface area contributed by atoms with Gasteiger partial charge in [-0.3, -0.25) is 4.90 Å². The summed E-state index contributed by atoms with van der Waals surface area (Å²) in [4.78, 5) is 4.12. The molecule has 0 spiro atoms. The van der Waals surface area contributed by atoms with Crippen molar-refractivity contribution in [3.8, 4) is 0 Å². The van der Waals surface area contributed by atoms with E-state index >= 15 is 0 Å². The summed E-state index contributed by atoms with van der Waals surface area (Å²) < 4.78 is 43.5. The summed E-state index contributed by atoms with van der Waals surface area (Å²) in [5.74, 6) is 0. The van der Waals surface area contributed by atoms with E-state index in [-0.39, 0.29) is 6.54 Å². The van der Waals surface area contributed by atoms with E-state index < -0.39 is 11.8 Å². The van der Waals surface area contributed by atoms with Crippen LogP contribution in [0.1, 0.15) is 26.7 Å². The minimum atomic E-state index is -4.58. The van der Waals surface area contributed by atoms with E-state index in [2.05, 4.69) is 11.8 Å². The first kappa shape index (κ1) is 17.0. The van der Waals surface area contributed by atoms with Crippen LogP contribution in [0.2, 0.25) is 0 Å². The van der Waals surface area contributed by atoms with Gasteiger partial charge in [0.1, 0.15) is 0 Å². The number of β-amino-alcohol motifs (C(OH)–C–C–N with tert-alkyl or cyclic N) is 1. The zero-order valence-electron chi connectivity index (χ0n) is 12.7. The number of rotatable bonds is 3. The van der Waals surface area contributed by atoms with E-state index in [4.69, 9.17) is 4.74 Å². The molecule has 2 rings (SSSR count). The third-order valence-electron chi connectivity index (χ3n) is 4.59. The fourth-order valence-electron chi connectivity index (χ4n) is 3.22. The first-order valence-corrected chi connectivity index (χ1v) is 7.55. The van der Waals surface area contributed by atoms with E-state index in [0.717, 1.165) is 39.5 Å². The van der Waals surface area contributed by atoms with Crippen LogP contribution in [0.5, 0.6) is 0 Å². The van der Waals surface area contributed by atoms with Crippen LogP contribution in [0.25, 0.3) is 0 Å². The molecule has 0 amide bonds. The molecule has 0 aliphatic carbocycles. The summed E-state index contributed by atoms with van der Waals surface area (Å²) in [5, 5.41) is 9.57. The molecule has 2 aliphatic rings. The number of hydrogen-bond acceptors (Lipinski definition) is 4. The van der Waals surface area contributed by atoms with E-state index in [1.54, 1.807) is 4.90 Å². The van der Waals surface area contributed by atoms with Crippen molar-refractivity contribution in [2.24, 2.45) is 0 Å². The Balaban J connectivity index is 1.83. The maximum absolute atomic E-state index is 12.7. The molecule has 2 fully saturated rings. The lowest BCUT2D eigenvalue weighted by molar-refractivity contribution is -0.258. The predicted molar refractivity (Wildman–Crippen MR) is 73.1 cm³/mol. The molecule has 0 radical (unpaired) electrons. The summed E-state index contributed by atoms with van der Waals surface area (Å²) >= 11 is 0. The third-order valence-corrected chi connectivity index (χ3v) is 4.59. The van der Waals surface area contributed by atoms with Crippen LogP contribution in [0.4, 0.5) is 13.2 Å². The minimum absolute atomic E-state index is 0.345. The first-order valence-electron chi connectivity index (χ1n) is 7.55. The van der Waals surface area contributed by atoms with E-state index in [1.807, 2.05) is 0 Å². The molecule has 0 saturated carbocycles. The SMILES string of the molecule is C[C@@H]1COCCN1C1CCN(C[C@@](C)(O)C(F)(F)F)CC1. The fourth-order valence-corrected chi connectivity index (χ4v) is 3.22. The summed E-state index contributed by atoms with van der Waals surface area (Å²) in [6, 6.07) is 0.782. The van der Waals surface area contributed by atoms with Crippen molar-refractivity contribution in [3.63, 3.8) is 0 Å². The van der Waals surface area contributed by atoms with Gasteiger partial charge in [0.15, 0.2) is 5.60 Å². The highest BCUT2D eigenvalue weighted by Crippen LogP contribution is 2.31. The molecular weight excluding hydrogens is 285 g/mol. The van der Waals surface area contributed by atoms with Gasteiger partial charge in [0, 0.05) is 25.2 Å². The smallest absolute Gasteiger partial charge is 0.380 e. The molecule has 0 aromatic heterocycles. The van der Waals surface area contributed by atoms with E-state index in [9.17, 15) is 18.3 Å². The van der Waals surface area contributed by atoms with Gasteiger partial charge in [-0.15, -0.1) is 0 Å². The number of hydrogen-bond donors (Lipinski definition) is 1. The van der Waals surface area contributed by atoms with Gasteiger partial charge in [0.05, 0.1) is 13.2 Å². The highest BCUT2D eigenvalue weighted by atomic mass is 19.4. The van der Waals surface area contributed by atoms with Crippen molar-refractivity contribution in [1.29, 1.82) is 0 Å². The van der Waals surface area contributed by atoms with Crippen LogP contribution in [-0.4, -0.2) is 78.2 Å². The Bertz CT molecular complexity index is 342. The number of alkyl halides is 3. The molecule has 4 nitrogen and oxygen atoms in total. The minimum Gasteiger partial charge on any atom is -0.380 e. The van der Waals surface area contributed by atoms with E-state index in [1.165, 1.54) is 0 Å². The Morgan fingerprint density at radius 2 is 1.81 bits per heavy atom. The molecular formula is C14H25F3N2O2. The summed E-state index contributed by atoms with van der Waals surface area (Å²) in [7, 11) is 0. The highest BCUT2D eigenvalue weighted by Gasteiger charge is 2.50. The van der Waals surface area contributed by atoms with Crippen LogP contribution in [0.3, 0.4) is 0 Å². The second-order valence-corrected chi connectivity index (χ2v) is 6.44. The number of nitrogens with zero attached hydrogens (tertiary/aromatic N) is 2. The standard InChI is InChI=1S/C14H25F3N2O2/c1-11-9-21-8-7-19(11)12-3-5-18(6-4-12)10-13(2,20)14(15,16)17/h11-12,20H,3-10H2,1-2H3/t11-,13-/m1/s1. The van der Waals surface area contributed by atoms with Crippen LogP contribution >= 0.6 is 0 Å². The molecule has 7 heteroatoms. The second kappa shape index (κ2) is 6.40. The highest BCUT2D eigenvalue weighted by molar-refractivity contribution is 4.89. The number of halogens is 3. The molecule has 21 heavy (non-hydrogen) atoms. The van der Waals surface area contributed by atoms with Gasteiger partial charge >= 0.3 is 6.18 Å². The Hall–Kier alpha value is -0.370. The summed E-state index contributed by atoms with van der Waals surface area (Å²) in [5.41, 5.74) is -2.63. The van der Waals surface area contributed by atoms with Gasteiger partial charge < -0.3 is 14.7 Å². The number of aliphatic hydroxyl groups is 1. The molecule has 1 N–H and O–H groups in total. The lowest BCUT2D eigenvalue weighted by Gasteiger charge is -2.44. The van der Waals surface area contributed by atoms with Crippen molar-refractivity contribution < 1.29 is 23.0 Å². The van der Waals surface area contributed by atoms with Gasteiger partial charge in [-0.2, -0.15) is 13.2 Å². The molecule has 2 heterocycles. The molecule has 0 unspecified atom stereocenters.